The van der Waals surface area contributed by atoms with E-state index in [0.717, 1.165) is 23.3 Å². The summed E-state index contributed by atoms with van der Waals surface area (Å²) in [6.45, 7) is 8.59. The third-order valence-electron chi connectivity index (χ3n) is 6.49. The van der Waals surface area contributed by atoms with Gasteiger partial charge in [-0.3, -0.25) is 9.59 Å². The molecule has 36 heavy (non-hydrogen) atoms. The van der Waals surface area contributed by atoms with Crippen LogP contribution in [0.2, 0.25) is 0 Å². The van der Waals surface area contributed by atoms with Gasteiger partial charge in [0.2, 0.25) is 11.8 Å². The molecule has 3 aromatic carbocycles. The molecule has 3 aromatic rings. The maximum atomic E-state index is 13.7. The van der Waals surface area contributed by atoms with E-state index in [9.17, 15) is 9.59 Å². The van der Waals surface area contributed by atoms with Crippen molar-refractivity contribution >= 4 is 23.6 Å². The summed E-state index contributed by atoms with van der Waals surface area (Å²) in [4.78, 5) is 29.0. The average Bonchev–Trinajstić information content (AvgIpc) is 2.88. The molecular weight excluding hydrogens is 464 g/mol. The van der Waals surface area contributed by atoms with Gasteiger partial charge in [0, 0.05) is 24.8 Å². The number of carbonyl (C=O) groups is 2. The molecule has 5 heteroatoms. The second kappa shape index (κ2) is 13.9. The quantitative estimate of drug-likeness (QED) is 0.326. The molecule has 0 fully saturated rings. The molecular formula is C31H38N2O2S. The second-order valence-corrected chi connectivity index (χ2v) is 10.4. The van der Waals surface area contributed by atoms with Gasteiger partial charge in [0.25, 0.3) is 0 Å². The zero-order chi connectivity index (χ0) is 25.9. The van der Waals surface area contributed by atoms with Crippen molar-refractivity contribution in [1.82, 2.24) is 10.2 Å². The fraction of sp³-hybridized carbons (Fsp3) is 0.355. The van der Waals surface area contributed by atoms with Gasteiger partial charge in [-0.05, 0) is 49.4 Å². The summed E-state index contributed by atoms with van der Waals surface area (Å²) in [6.07, 6.45) is 1.31. The number of hydrogen-bond donors (Lipinski definition) is 1. The highest BCUT2D eigenvalue weighted by Crippen LogP contribution is 2.20. The molecule has 2 atom stereocenters. The molecule has 0 saturated carbocycles. The first kappa shape index (κ1) is 27.5. The molecule has 3 rings (SSSR count). The van der Waals surface area contributed by atoms with Crippen molar-refractivity contribution in [2.75, 3.05) is 5.75 Å². The minimum Gasteiger partial charge on any atom is -0.352 e. The van der Waals surface area contributed by atoms with Crippen LogP contribution in [0.1, 0.15) is 48.1 Å². The molecule has 0 unspecified atom stereocenters. The number of carbonyl (C=O) groups excluding carboxylic acids is 2. The Morgan fingerprint density at radius 3 is 2.22 bits per heavy atom. The van der Waals surface area contributed by atoms with Crippen molar-refractivity contribution < 1.29 is 9.59 Å². The van der Waals surface area contributed by atoms with E-state index < -0.39 is 6.04 Å². The number of rotatable bonds is 12. The topological polar surface area (TPSA) is 49.4 Å². The van der Waals surface area contributed by atoms with Crippen LogP contribution in [0.25, 0.3) is 0 Å². The van der Waals surface area contributed by atoms with Crippen molar-refractivity contribution in [2.24, 2.45) is 0 Å². The number of hydrogen-bond acceptors (Lipinski definition) is 3. The van der Waals surface area contributed by atoms with E-state index >= 15 is 0 Å². The van der Waals surface area contributed by atoms with Crippen molar-refractivity contribution in [3.8, 4) is 0 Å². The summed E-state index contributed by atoms with van der Waals surface area (Å²) in [7, 11) is 0. The number of aryl methyl sites for hydroxylation is 2. The number of benzene rings is 3. The third-order valence-corrected chi connectivity index (χ3v) is 7.46. The van der Waals surface area contributed by atoms with E-state index in [4.69, 9.17) is 0 Å². The standard InChI is InChI=1S/C31H38N2O2S/c1-5-25(4)32-31(35)29(19-26-12-7-6-8-13-26)33(20-27-17-15-23(2)16-18-27)30(34)22-36-21-28-14-10-9-11-24(28)3/h6-18,25,29H,5,19-22H2,1-4H3,(H,32,35)/t25-,29+/m0/s1. The van der Waals surface area contributed by atoms with E-state index in [1.165, 1.54) is 16.7 Å². The van der Waals surface area contributed by atoms with Crippen LogP contribution in [-0.2, 0) is 28.3 Å². The van der Waals surface area contributed by atoms with Gasteiger partial charge >= 0.3 is 0 Å². The molecule has 0 radical (unpaired) electrons. The summed E-state index contributed by atoms with van der Waals surface area (Å²) in [5.41, 5.74) is 5.68. The van der Waals surface area contributed by atoms with Gasteiger partial charge in [-0.1, -0.05) is 91.3 Å². The molecule has 0 spiro atoms. The van der Waals surface area contributed by atoms with E-state index in [1.54, 1.807) is 16.7 Å². The first-order chi connectivity index (χ1) is 17.4. The monoisotopic (exact) mass is 502 g/mol. The molecule has 0 saturated heterocycles. The Hall–Kier alpha value is -3.05. The summed E-state index contributed by atoms with van der Waals surface area (Å²) < 4.78 is 0. The summed E-state index contributed by atoms with van der Waals surface area (Å²) in [5, 5.41) is 3.13. The molecule has 1 N–H and O–H groups in total. The van der Waals surface area contributed by atoms with Gasteiger partial charge in [0.05, 0.1) is 5.75 Å². The van der Waals surface area contributed by atoms with Gasteiger partial charge in [-0.2, -0.15) is 0 Å². The summed E-state index contributed by atoms with van der Waals surface area (Å²) in [5.74, 6) is 0.966. The van der Waals surface area contributed by atoms with E-state index in [2.05, 4.69) is 43.4 Å². The molecule has 2 amide bonds. The average molecular weight is 503 g/mol. The lowest BCUT2D eigenvalue weighted by atomic mass is 10.0. The van der Waals surface area contributed by atoms with E-state index in [0.29, 0.717) is 18.7 Å². The minimum absolute atomic E-state index is 0.0191. The highest BCUT2D eigenvalue weighted by atomic mass is 32.2. The first-order valence-corrected chi connectivity index (χ1v) is 13.8. The molecule has 0 aromatic heterocycles. The van der Waals surface area contributed by atoms with Crippen LogP contribution in [0.3, 0.4) is 0 Å². The Labute approximate surface area is 220 Å². The van der Waals surface area contributed by atoms with Crippen LogP contribution >= 0.6 is 11.8 Å². The minimum atomic E-state index is -0.589. The van der Waals surface area contributed by atoms with Crippen LogP contribution in [-0.4, -0.2) is 34.6 Å². The van der Waals surface area contributed by atoms with Crippen molar-refractivity contribution in [1.29, 1.82) is 0 Å². The Morgan fingerprint density at radius 1 is 0.889 bits per heavy atom. The van der Waals surface area contributed by atoms with Crippen LogP contribution in [0.4, 0.5) is 0 Å². The van der Waals surface area contributed by atoms with E-state index in [-0.39, 0.29) is 17.9 Å². The fourth-order valence-electron chi connectivity index (χ4n) is 3.99. The van der Waals surface area contributed by atoms with Gasteiger partial charge in [0.1, 0.15) is 6.04 Å². The summed E-state index contributed by atoms with van der Waals surface area (Å²) >= 11 is 1.60. The predicted molar refractivity (Wildman–Crippen MR) is 151 cm³/mol. The number of thioether (sulfide) groups is 1. The van der Waals surface area contributed by atoms with Crippen molar-refractivity contribution in [3.05, 3.63) is 107 Å². The van der Waals surface area contributed by atoms with Crippen LogP contribution < -0.4 is 5.32 Å². The van der Waals surface area contributed by atoms with Crippen LogP contribution in [0.5, 0.6) is 0 Å². The lowest BCUT2D eigenvalue weighted by molar-refractivity contribution is -0.139. The maximum Gasteiger partial charge on any atom is 0.243 e. The Bertz CT molecular complexity index is 1110. The smallest absolute Gasteiger partial charge is 0.243 e. The largest absolute Gasteiger partial charge is 0.352 e. The fourth-order valence-corrected chi connectivity index (χ4v) is 4.97. The molecule has 0 aliphatic carbocycles. The Morgan fingerprint density at radius 2 is 1.56 bits per heavy atom. The Kier molecular flexibility index (Phi) is 10.6. The zero-order valence-corrected chi connectivity index (χ0v) is 22.7. The van der Waals surface area contributed by atoms with Crippen LogP contribution in [0, 0.1) is 13.8 Å². The Balaban J connectivity index is 1.85. The highest BCUT2D eigenvalue weighted by Gasteiger charge is 2.30. The SMILES string of the molecule is CC[C@H](C)NC(=O)[C@@H](Cc1ccccc1)N(Cc1ccc(C)cc1)C(=O)CSCc1ccccc1C. The molecule has 0 bridgehead atoms. The molecule has 0 aliphatic heterocycles. The molecule has 0 heterocycles. The van der Waals surface area contributed by atoms with Crippen LogP contribution in [0.15, 0.2) is 78.9 Å². The van der Waals surface area contributed by atoms with Gasteiger partial charge in [-0.25, -0.2) is 0 Å². The normalized spacial score (nSPS) is 12.6. The summed E-state index contributed by atoms with van der Waals surface area (Å²) in [6, 6.07) is 25.9. The number of nitrogens with one attached hydrogen (secondary N) is 1. The van der Waals surface area contributed by atoms with E-state index in [1.807, 2.05) is 68.4 Å². The molecule has 190 valence electrons. The maximum absolute atomic E-state index is 13.7. The van der Waals surface area contributed by atoms with Gasteiger partial charge in [-0.15, -0.1) is 11.8 Å². The van der Waals surface area contributed by atoms with Gasteiger partial charge < -0.3 is 10.2 Å². The number of nitrogens with zero attached hydrogens (tertiary/aromatic N) is 1. The predicted octanol–water partition coefficient (Wildman–Crippen LogP) is 6.09. The zero-order valence-electron chi connectivity index (χ0n) is 21.9. The van der Waals surface area contributed by atoms with Gasteiger partial charge in [0.15, 0.2) is 0 Å². The highest BCUT2D eigenvalue weighted by molar-refractivity contribution is 7.99. The van der Waals surface area contributed by atoms with Crippen molar-refractivity contribution in [3.63, 3.8) is 0 Å². The third kappa shape index (κ3) is 8.27. The second-order valence-electron chi connectivity index (χ2n) is 9.45. The lowest BCUT2D eigenvalue weighted by Crippen LogP contribution is -2.52. The molecule has 4 nitrogen and oxygen atoms in total. The number of amides is 2. The lowest BCUT2D eigenvalue weighted by Gasteiger charge is -2.32. The first-order valence-electron chi connectivity index (χ1n) is 12.7. The van der Waals surface area contributed by atoms with Crippen molar-refractivity contribution in [2.45, 2.75) is 64.9 Å². The molecule has 0 aliphatic rings.